The van der Waals surface area contributed by atoms with Crippen LogP contribution in [-0.2, 0) is 4.79 Å². The lowest BCUT2D eigenvalue weighted by molar-refractivity contribution is -0.121. The second-order valence-electron chi connectivity index (χ2n) is 7.39. The Labute approximate surface area is 189 Å². The van der Waals surface area contributed by atoms with Gasteiger partial charge in [-0.1, -0.05) is 12.1 Å². The lowest BCUT2D eigenvalue weighted by Crippen LogP contribution is -2.40. The Hall–Kier alpha value is -3.42. The topological polar surface area (TPSA) is 84.4 Å². The lowest BCUT2D eigenvalue weighted by Gasteiger charge is -2.29. The monoisotopic (exact) mass is 440 g/mol. The molecule has 0 saturated heterocycles. The number of ether oxygens (including phenoxy) is 3. The number of carbonyl (C=O) groups is 1. The van der Waals surface area contributed by atoms with Gasteiger partial charge in [0.1, 0.15) is 17.2 Å². The number of para-hydroxylation sites is 2. The molecule has 1 aliphatic rings. The number of guanidine groups is 1. The molecular formula is C24H32N4O4. The zero-order chi connectivity index (χ0) is 22.9. The van der Waals surface area contributed by atoms with Crippen LogP contribution < -0.4 is 29.7 Å². The average Bonchev–Trinajstić information content (AvgIpc) is 2.82. The number of aliphatic imine (C=N–C) groups is 1. The molecule has 0 bridgehead atoms. The zero-order valence-corrected chi connectivity index (χ0v) is 19.2. The summed E-state index contributed by atoms with van der Waals surface area (Å²) in [6.45, 7) is 6.05. The van der Waals surface area contributed by atoms with Gasteiger partial charge in [0.05, 0.1) is 25.9 Å². The van der Waals surface area contributed by atoms with E-state index < -0.39 is 0 Å². The zero-order valence-electron chi connectivity index (χ0n) is 19.2. The minimum Gasteiger partial charge on any atom is -0.497 e. The number of anilines is 1. The van der Waals surface area contributed by atoms with E-state index in [9.17, 15) is 4.79 Å². The molecule has 1 amide bonds. The Balaban J connectivity index is 1.63. The number of hydrogen-bond acceptors (Lipinski definition) is 5. The van der Waals surface area contributed by atoms with Gasteiger partial charge in [-0.25, -0.2) is 0 Å². The number of methoxy groups -OCH3 is 2. The van der Waals surface area contributed by atoms with Crippen molar-refractivity contribution < 1.29 is 19.0 Å². The van der Waals surface area contributed by atoms with Gasteiger partial charge in [-0.2, -0.15) is 0 Å². The van der Waals surface area contributed by atoms with Crippen molar-refractivity contribution in [1.29, 1.82) is 0 Å². The summed E-state index contributed by atoms with van der Waals surface area (Å²) in [6, 6.07) is 13.3. The van der Waals surface area contributed by atoms with Crippen LogP contribution in [0.4, 0.5) is 5.69 Å². The fourth-order valence-electron chi connectivity index (χ4n) is 3.60. The van der Waals surface area contributed by atoms with Gasteiger partial charge >= 0.3 is 0 Å². The molecule has 1 atom stereocenters. The highest BCUT2D eigenvalue weighted by Crippen LogP contribution is 2.31. The summed E-state index contributed by atoms with van der Waals surface area (Å²) >= 11 is 0. The normalized spacial score (nSPS) is 14.3. The Kier molecular flexibility index (Phi) is 8.19. The summed E-state index contributed by atoms with van der Waals surface area (Å²) in [5.74, 6) is 2.97. The first-order valence-corrected chi connectivity index (χ1v) is 10.9. The van der Waals surface area contributed by atoms with E-state index in [1.165, 1.54) is 0 Å². The van der Waals surface area contributed by atoms with E-state index in [4.69, 9.17) is 19.2 Å². The molecule has 2 N–H and O–H groups in total. The first-order chi connectivity index (χ1) is 15.6. The predicted octanol–water partition coefficient (Wildman–Crippen LogP) is 3.14. The van der Waals surface area contributed by atoms with Gasteiger partial charge in [0, 0.05) is 25.2 Å². The maximum Gasteiger partial charge on any atom is 0.265 e. The quantitative estimate of drug-likeness (QED) is 0.354. The number of hydrogen-bond donors (Lipinski definition) is 2. The van der Waals surface area contributed by atoms with Crippen LogP contribution in [0, 0.1) is 0 Å². The maximum atomic E-state index is 12.3. The number of fused-ring (bicyclic) bond motifs is 1. The molecule has 0 spiro atoms. The van der Waals surface area contributed by atoms with Crippen molar-refractivity contribution in [1.82, 2.24) is 10.6 Å². The van der Waals surface area contributed by atoms with Crippen LogP contribution in [0.25, 0.3) is 0 Å². The molecule has 0 aromatic heterocycles. The van der Waals surface area contributed by atoms with Crippen molar-refractivity contribution in [3.8, 4) is 17.2 Å². The van der Waals surface area contributed by atoms with E-state index in [0.717, 1.165) is 41.5 Å². The van der Waals surface area contributed by atoms with Gasteiger partial charge < -0.3 is 29.7 Å². The molecule has 1 unspecified atom stereocenters. The third-order valence-corrected chi connectivity index (χ3v) is 5.22. The van der Waals surface area contributed by atoms with Gasteiger partial charge in [0.15, 0.2) is 12.6 Å². The molecule has 2 aromatic carbocycles. The molecule has 8 nitrogen and oxygen atoms in total. The molecular weight excluding hydrogens is 408 g/mol. The van der Waals surface area contributed by atoms with Gasteiger partial charge in [-0.15, -0.1) is 0 Å². The third kappa shape index (κ3) is 5.63. The van der Waals surface area contributed by atoms with Crippen LogP contribution in [0.5, 0.6) is 17.2 Å². The highest BCUT2D eigenvalue weighted by atomic mass is 16.5. The predicted molar refractivity (Wildman–Crippen MR) is 126 cm³/mol. The van der Waals surface area contributed by atoms with Crippen molar-refractivity contribution in [2.75, 3.05) is 45.4 Å². The van der Waals surface area contributed by atoms with E-state index in [0.29, 0.717) is 19.0 Å². The summed E-state index contributed by atoms with van der Waals surface area (Å²) in [5.41, 5.74) is 1.80. The van der Waals surface area contributed by atoms with Crippen LogP contribution in [0.15, 0.2) is 47.5 Å². The van der Waals surface area contributed by atoms with Gasteiger partial charge in [0.2, 0.25) is 0 Å². The number of nitrogens with zero attached hydrogens (tertiary/aromatic N) is 2. The number of nitrogens with one attached hydrogen (secondary N) is 2. The van der Waals surface area contributed by atoms with Crippen molar-refractivity contribution in [3.05, 3.63) is 48.0 Å². The summed E-state index contributed by atoms with van der Waals surface area (Å²) in [7, 11) is 3.30. The summed E-state index contributed by atoms with van der Waals surface area (Å²) < 4.78 is 16.4. The Morgan fingerprint density at radius 1 is 1.22 bits per heavy atom. The summed E-state index contributed by atoms with van der Waals surface area (Å²) in [4.78, 5) is 18.8. The number of benzene rings is 2. The van der Waals surface area contributed by atoms with Crippen LogP contribution in [0.1, 0.15) is 31.9 Å². The fraction of sp³-hybridized carbons (Fsp3) is 0.417. The van der Waals surface area contributed by atoms with Gasteiger partial charge in [-0.05, 0) is 50.6 Å². The molecule has 8 heteroatoms. The molecule has 32 heavy (non-hydrogen) atoms. The minimum absolute atomic E-state index is 0.0311. The standard InChI is InChI=1S/C24H32N4O4/c1-5-25-24(27-17(2)19-15-18(30-3)11-12-21(19)31-4)26-13-8-14-28-20-9-6-7-10-22(20)32-16-23(28)29/h6-7,9-12,15,17H,5,8,13-14,16H2,1-4H3,(H2,25,26,27). The second kappa shape index (κ2) is 11.3. The van der Waals surface area contributed by atoms with E-state index in [-0.39, 0.29) is 18.6 Å². The van der Waals surface area contributed by atoms with Crippen molar-refractivity contribution >= 4 is 17.6 Å². The molecule has 0 radical (unpaired) electrons. The average molecular weight is 441 g/mol. The molecule has 172 valence electrons. The van der Waals surface area contributed by atoms with Crippen molar-refractivity contribution in [2.24, 2.45) is 4.99 Å². The van der Waals surface area contributed by atoms with E-state index in [1.807, 2.05) is 56.3 Å². The highest BCUT2D eigenvalue weighted by molar-refractivity contribution is 5.97. The largest absolute Gasteiger partial charge is 0.497 e. The van der Waals surface area contributed by atoms with Gasteiger partial charge in [-0.3, -0.25) is 9.79 Å². The highest BCUT2D eigenvalue weighted by Gasteiger charge is 2.24. The first kappa shape index (κ1) is 23.2. The molecule has 0 saturated carbocycles. The van der Waals surface area contributed by atoms with Crippen LogP contribution in [0.3, 0.4) is 0 Å². The number of carbonyl (C=O) groups excluding carboxylic acids is 1. The van der Waals surface area contributed by atoms with Crippen LogP contribution in [0.2, 0.25) is 0 Å². The Morgan fingerprint density at radius 3 is 2.78 bits per heavy atom. The SMILES string of the molecule is CCNC(=NCCCN1C(=O)COc2ccccc21)NC(C)c1cc(OC)ccc1OC. The van der Waals surface area contributed by atoms with Crippen LogP contribution >= 0.6 is 0 Å². The molecule has 0 fully saturated rings. The van der Waals surface area contributed by atoms with Gasteiger partial charge in [0.25, 0.3) is 5.91 Å². The fourth-order valence-corrected chi connectivity index (χ4v) is 3.60. The Bertz CT molecular complexity index is 947. The number of rotatable bonds is 9. The van der Waals surface area contributed by atoms with Crippen molar-refractivity contribution in [2.45, 2.75) is 26.3 Å². The minimum atomic E-state index is -0.0504. The van der Waals surface area contributed by atoms with Crippen molar-refractivity contribution in [3.63, 3.8) is 0 Å². The van der Waals surface area contributed by atoms with E-state index in [2.05, 4.69) is 10.6 Å². The molecule has 1 heterocycles. The smallest absolute Gasteiger partial charge is 0.265 e. The summed E-state index contributed by atoms with van der Waals surface area (Å²) in [6.07, 6.45) is 0.730. The molecule has 0 aliphatic carbocycles. The molecule has 1 aliphatic heterocycles. The Morgan fingerprint density at radius 2 is 2.03 bits per heavy atom. The van der Waals surface area contributed by atoms with E-state index in [1.54, 1.807) is 19.1 Å². The first-order valence-electron chi connectivity index (χ1n) is 10.9. The maximum absolute atomic E-state index is 12.3. The lowest BCUT2D eigenvalue weighted by atomic mass is 10.1. The number of amides is 1. The second-order valence-corrected chi connectivity index (χ2v) is 7.39. The van der Waals surface area contributed by atoms with E-state index >= 15 is 0 Å². The summed E-state index contributed by atoms with van der Waals surface area (Å²) in [5, 5.41) is 6.70. The molecule has 3 rings (SSSR count). The third-order valence-electron chi connectivity index (χ3n) is 5.22. The molecule has 2 aromatic rings. The van der Waals surface area contributed by atoms with Crippen LogP contribution in [-0.4, -0.2) is 52.3 Å².